The van der Waals surface area contributed by atoms with Crippen LogP contribution in [0.3, 0.4) is 0 Å². The summed E-state index contributed by atoms with van der Waals surface area (Å²) < 4.78 is 41.9. The predicted octanol–water partition coefficient (Wildman–Crippen LogP) is 2.89. The normalized spacial score (nSPS) is 19.8. The molecule has 2 aromatic heterocycles. The van der Waals surface area contributed by atoms with Crippen molar-refractivity contribution in [3.63, 3.8) is 0 Å². The zero-order chi connectivity index (χ0) is 24.8. The zero-order valence-corrected chi connectivity index (χ0v) is 20.9. The molecule has 34 heavy (non-hydrogen) atoms. The fraction of sp³-hybridized carbons (Fsp3) is 0.522. The number of aliphatic hydroxyl groups is 1. The molecular formula is C23H31FN6O3S. The molecule has 2 unspecified atom stereocenters. The summed E-state index contributed by atoms with van der Waals surface area (Å²) in [5, 5.41) is 13.7. The van der Waals surface area contributed by atoms with Crippen molar-refractivity contribution in [3.05, 3.63) is 35.5 Å². The van der Waals surface area contributed by atoms with Crippen molar-refractivity contribution in [2.45, 2.75) is 58.7 Å². The van der Waals surface area contributed by atoms with Gasteiger partial charge in [-0.05, 0) is 51.3 Å². The second-order valence-electron chi connectivity index (χ2n) is 9.10. The molecule has 9 nitrogen and oxygen atoms in total. The van der Waals surface area contributed by atoms with Gasteiger partial charge in [-0.2, -0.15) is 4.31 Å². The van der Waals surface area contributed by atoms with Crippen LogP contribution in [0.15, 0.2) is 18.3 Å². The van der Waals surface area contributed by atoms with E-state index in [-0.39, 0.29) is 12.6 Å². The lowest BCUT2D eigenvalue weighted by molar-refractivity contribution is 0.0950. The molecule has 0 amide bonds. The van der Waals surface area contributed by atoms with Crippen LogP contribution < -0.4 is 5.32 Å². The number of hydrogen-bond acceptors (Lipinski definition) is 7. The number of aromatic nitrogens is 4. The number of nitrogens with zero attached hydrogens (tertiary/aromatic N) is 5. The van der Waals surface area contributed by atoms with E-state index >= 15 is 4.39 Å². The second-order valence-corrected chi connectivity index (χ2v) is 11.1. The molecule has 1 fully saturated rings. The number of imidazole rings is 1. The smallest absolute Gasteiger partial charge is 0.223 e. The summed E-state index contributed by atoms with van der Waals surface area (Å²) in [6.07, 6.45) is 3.01. The largest absolute Gasteiger partial charge is 0.390 e. The van der Waals surface area contributed by atoms with E-state index in [0.717, 1.165) is 17.6 Å². The molecule has 0 saturated carbocycles. The van der Waals surface area contributed by atoms with Gasteiger partial charge in [0.15, 0.2) is 5.82 Å². The summed E-state index contributed by atoms with van der Waals surface area (Å²) in [7, 11) is -3.37. The first-order valence-corrected chi connectivity index (χ1v) is 13.3. The van der Waals surface area contributed by atoms with Crippen molar-refractivity contribution in [1.82, 2.24) is 23.8 Å². The van der Waals surface area contributed by atoms with Gasteiger partial charge in [0.25, 0.3) is 0 Å². The van der Waals surface area contributed by atoms with Crippen LogP contribution in [0, 0.1) is 12.7 Å². The molecule has 0 spiro atoms. The van der Waals surface area contributed by atoms with E-state index in [1.807, 2.05) is 38.3 Å². The van der Waals surface area contributed by atoms with Crippen molar-refractivity contribution < 1.29 is 17.9 Å². The van der Waals surface area contributed by atoms with Gasteiger partial charge >= 0.3 is 0 Å². The molecule has 0 aliphatic carbocycles. The Labute approximate surface area is 199 Å². The standard InChI is InChI=1S/C23H31FN6O3S/c1-6-15-11-25-23(27-18-7-8-29(12-20(18)31)34(5,32)33)28-21(15)16-9-17(24)22-19(10-16)30(13(2)3)14(4)26-22/h9-11,13,18,20,31H,6-8,12H2,1-5H3,(H,25,27,28). The number of rotatable bonds is 6. The third-order valence-corrected chi connectivity index (χ3v) is 7.56. The van der Waals surface area contributed by atoms with Crippen LogP contribution in [0.1, 0.15) is 44.6 Å². The van der Waals surface area contributed by atoms with Gasteiger partial charge in [-0.3, -0.25) is 0 Å². The van der Waals surface area contributed by atoms with Gasteiger partial charge in [0, 0.05) is 30.9 Å². The highest BCUT2D eigenvalue weighted by Crippen LogP contribution is 2.31. The van der Waals surface area contributed by atoms with Crippen LogP contribution in [0.2, 0.25) is 0 Å². The van der Waals surface area contributed by atoms with E-state index in [9.17, 15) is 13.5 Å². The first kappa shape index (κ1) is 24.5. The number of halogens is 1. The Morgan fingerprint density at radius 2 is 2.03 bits per heavy atom. The Morgan fingerprint density at radius 3 is 2.65 bits per heavy atom. The third-order valence-electron chi connectivity index (χ3n) is 6.29. The Bertz CT molecular complexity index is 1320. The molecule has 2 N–H and O–H groups in total. The van der Waals surface area contributed by atoms with Gasteiger partial charge in [0.2, 0.25) is 16.0 Å². The first-order chi connectivity index (χ1) is 16.0. The fourth-order valence-electron chi connectivity index (χ4n) is 4.58. The summed E-state index contributed by atoms with van der Waals surface area (Å²) in [6, 6.07) is 3.07. The Balaban J connectivity index is 1.69. The van der Waals surface area contributed by atoms with Crippen LogP contribution in [-0.2, 0) is 16.4 Å². The van der Waals surface area contributed by atoms with E-state index in [0.29, 0.717) is 47.6 Å². The fourth-order valence-corrected chi connectivity index (χ4v) is 5.44. The summed E-state index contributed by atoms with van der Waals surface area (Å²) in [6.45, 7) is 8.22. The van der Waals surface area contributed by atoms with E-state index in [1.54, 1.807) is 6.20 Å². The number of β-amino-alcohol motifs (C(OH)–C–C–N with tert-alkyl or cyclic N) is 1. The Morgan fingerprint density at radius 1 is 1.29 bits per heavy atom. The average molecular weight is 491 g/mol. The van der Waals surface area contributed by atoms with Gasteiger partial charge in [-0.1, -0.05) is 6.92 Å². The highest BCUT2D eigenvalue weighted by Gasteiger charge is 2.32. The first-order valence-electron chi connectivity index (χ1n) is 11.4. The molecule has 11 heteroatoms. The minimum atomic E-state index is -3.37. The third kappa shape index (κ3) is 4.64. The highest BCUT2D eigenvalue weighted by atomic mass is 32.2. The monoisotopic (exact) mass is 490 g/mol. The van der Waals surface area contributed by atoms with Gasteiger partial charge in [-0.25, -0.2) is 27.8 Å². The Kier molecular flexibility index (Phi) is 6.63. The number of hydrogen-bond donors (Lipinski definition) is 2. The molecule has 1 saturated heterocycles. The number of sulfonamides is 1. The molecular weight excluding hydrogens is 459 g/mol. The predicted molar refractivity (Wildman–Crippen MR) is 130 cm³/mol. The quantitative estimate of drug-likeness (QED) is 0.546. The molecule has 0 bridgehead atoms. The maximum atomic E-state index is 15.1. The van der Waals surface area contributed by atoms with E-state index < -0.39 is 28.0 Å². The number of anilines is 1. The van der Waals surface area contributed by atoms with Gasteiger partial charge in [0.1, 0.15) is 11.3 Å². The van der Waals surface area contributed by atoms with Gasteiger partial charge < -0.3 is 15.0 Å². The lowest BCUT2D eigenvalue weighted by atomic mass is 10.0. The van der Waals surface area contributed by atoms with Crippen LogP contribution in [0.4, 0.5) is 10.3 Å². The summed E-state index contributed by atoms with van der Waals surface area (Å²) in [4.78, 5) is 13.5. The molecule has 184 valence electrons. The number of aliphatic hydroxyl groups excluding tert-OH is 1. The highest BCUT2D eigenvalue weighted by molar-refractivity contribution is 7.88. The SMILES string of the molecule is CCc1cnc(NC2CCN(S(C)(=O)=O)CC2O)nc1-c1cc(F)c2nc(C)n(C(C)C)c2c1. The number of piperidine rings is 1. The number of nitrogens with one attached hydrogen (secondary N) is 1. The minimum absolute atomic E-state index is 0.0107. The summed E-state index contributed by atoms with van der Waals surface area (Å²) >= 11 is 0. The van der Waals surface area contributed by atoms with Gasteiger partial charge in [-0.15, -0.1) is 0 Å². The van der Waals surface area contributed by atoms with E-state index in [1.165, 1.54) is 10.4 Å². The summed E-state index contributed by atoms with van der Waals surface area (Å²) in [5.74, 6) is 0.642. The molecule has 1 aliphatic heterocycles. The number of aryl methyl sites for hydroxylation is 2. The minimum Gasteiger partial charge on any atom is -0.390 e. The van der Waals surface area contributed by atoms with Crippen molar-refractivity contribution in [2.24, 2.45) is 0 Å². The summed E-state index contributed by atoms with van der Waals surface area (Å²) in [5.41, 5.74) is 3.14. The molecule has 1 aromatic carbocycles. The topological polar surface area (TPSA) is 113 Å². The van der Waals surface area contributed by atoms with E-state index in [4.69, 9.17) is 0 Å². The zero-order valence-electron chi connectivity index (χ0n) is 20.1. The number of benzene rings is 1. The lowest BCUT2D eigenvalue weighted by Crippen LogP contribution is -2.51. The van der Waals surface area contributed by atoms with Crippen LogP contribution in [0.25, 0.3) is 22.3 Å². The second kappa shape index (κ2) is 9.20. The maximum absolute atomic E-state index is 15.1. The number of fused-ring (bicyclic) bond motifs is 1. The maximum Gasteiger partial charge on any atom is 0.223 e. The molecule has 3 aromatic rings. The van der Waals surface area contributed by atoms with Crippen molar-refractivity contribution in [1.29, 1.82) is 0 Å². The molecule has 2 atom stereocenters. The van der Waals surface area contributed by atoms with Gasteiger partial charge in [0.05, 0.1) is 29.6 Å². The van der Waals surface area contributed by atoms with Crippen LogP contribution >= 0.6 is 0 Å². The average Bonchev–Trinajstić information content (AvgIpc) is 3.11. The molecule has 0 radical (unpaired) electrons. The van der Waals surface area contributed by atoms with E-state index in [2.05, 4.69) is 20.3 Å². The molecule has 3 heterocycles. The van der Waals surface area contributed by atoms with Crippen molar-refractivity contribution >= 4 is 27.0 Å². The van der Waals surface area contributed by atoms with Crippen molar-refractivity contribution in [2.75, 3.05) is 24.7 Å². The Hall–Kier alpha value is -2.63. The molecule has 4 rings (SSSR count). The van der Waals surface area contributed by atoms with Crippen LogP contribution in [-0.4, -0.2) is 68.8 Å². The molecule has 1 aliphatic rings. The van der Waals surface area contributed by atoms with Crippen molar-refractivity contribution in [3.8, 4) is 11.3 Å². The lowest BCUT2D eigenvalue weighted by Gasteiger charge is -2.34. The van der Waals surface area contributed by atoms with Crippen LogP contribution in [0.5, 0.6) is 0 Å².